The fourth-order valence-corrected chi connectivity index (χ4v) is 3.65. The van der Waals surface area contributed by atoms with E-state index in [9.17, 15) is 4.79 Å². The average molecular weight is 387 g/mol. The van der Waals surface area contributed by atoms with Gasteiger partial charge in [0.25, 0.3) is 5.56 Å². The second-order valence-corrected chi connectivity index (χ2v) is 6.77. The highest BCUT2D eigenvalue weighted by Crippen LogP contribution is 2.43. The molecule has 144 valence electrons. The van der Waals surface area contributed by atoms with Crippen LogP contribution in [0.25, 0.3) is 11.3 Å². The van der Waals surface area contributed by atoms with E-state index in [0.717, 1.165) is 16.7 Å². The van der Waals surface area contributed by atoms with Crippen LogP contribution in [0.2, 0.25) is 0 Å². The number of aromatic nitrogens is 6. The Morgan fingerprint density at radius 2 is 1.90 bits per heavy atom. The number of fused-ring (bicyclic) bond motifs is 2. The van der Waals surface area contributed by atoms with E-state index in [1.807, 2.05) is 55.5 Å². The lowest BCUT2D eigenvalue weighted by molar-refractivity contribution is 0.402. The van der Waals surface area contributed by atoms with E-state index in [1.54, 1.807) is 11.8 Å². The number of tetrazole rings is 1. The Hall–Kier alpha value is -4.01. The molecule has 0 saturated carbocycles. The largest absolute Gasteiger partial charge is 0.496 e. The van der Waals surface area contributed by atoms with Crippen molar-refractivity contribution < 1.29 is 4.74 Å². The third-order valence-corrected chi connectivity index (χ3v) is 5.03. The molecule has 0 amide bonds. The van der Waals surface area contributed by atoms with Crippen LogP contribution in [0.5, 0.6) is 5.75 Å². The van der Waals surface area contributed by atoms with Gasteiger partial charge in [0.1, 0.15) is 17.5 Å². The summed E-state index contributed by atoms with van der Waals surface area (Å²) in [5.41, 5.74) is 4.19. The van der Waals surface area contributed by atoms with Gasteiger partial charge < -0.3 is 10.1 Å². The van der Waals surface area contributed by atoms with E-state index in [0.29, 0.717) is 28.6 Å². The summed E-state index contributed by atoms with van der Waals surface area (Å²) in [4.78, 5) is 12.7. The van der Waals surface area contributed by atoms with Crippen molar-refractivity contribution in [2.24, 2.45) is 0 Å². The maximum Gasteiger partial charge on any atom is 0.288 e. The molecule has 9 nitrogen and oxygen atoms in total. The van der Waals surface area contributed by atoms with E-state index in [-0.39, 0.29) is 5.56 Å². The Labute approximate surface area is 165 Å². The number of anilines is 2. The zero-order chi connectivity index (χ0) is 20.0. The molecule has 0 aliphatic carbocycles. The van der Waals surface area contributed by atoms with E-state index in [1.165, 1.54) is 0 Å². The van der Waals surface area contributed by atoms with Gasteiger partial charge in [-0.3, -0.25) is 4.79 Å². The SMILES string of the molecule is COc1ccccc1[C@H]1c2c(-c3ccc(C)cc3)n[nH]c(=O)c2Nc2nnnn21. The van der Waals surface area contributed by atoms with Gasteiger partial charge in [-0.05, 0) is 23.4 Å². The molecule has 2 N–H and O–H groups in total. The first-order valence-corrected chi connectivity index (χ1v) is 9.05. The summed E-state index contributed by atoms with van der Waals surface area (Å²) in [7, 11) is 1.61. The van der Waals surface area contributed by atoms with Crippen LogP contribution >= 0.6 is 0 Å². The van der Waals surface area contributed by atoms with Gasteiger partial charge >= 0.3 is 0 Å². The van der Waals surface area contributed by atoms with Crippen LogP contribution in [0.15, 0.2) is 53.3 Å². The fraction of sp³-hybridized carbons (Fsp3) is 0.150. The summed E-state index contributed by atoms with van der Waals surface area (Å²) in [6.45, 7) is 2.02. The molecule has 2 aromatic heterocycles. The minimum Gasteiger partial charge on any atom is -0.496 e. The van der Waals surface area contributed by atoms with Gasteiger partial charge in [-0.25, -0.2) is 5.10 Å². The summed E-state index contributed by atoms with van der Waals surface area (Å²) < 4.78 is 7.23. The summed E-state index contributed by atoms with van der Waals surface area (Å²) >= 11 is 0. The molecule has 0 radical (unpaired) electrons. The first-order valence-electron chi connectivity index (χ1n) is 9.05. The number of ether oxygens (including phenoxy) is 1. The van der Waals surface area contributed by atoms with Gasteiger partial charge in [0.15, 0.2) is 0 Å². The van der Waals surface area contributed by atoms with Crippen LogP contribution in [0, 0.1) is 6.92 Å². The zero-order valence-corrected chi connectivity index (χ0v) is 15.7. The number of nitrogens with zero attached hydrogens (tertiary/aromatic N) is 5. The second-order valence-electron chi connectivity index (χ2n) is 6.77. The van der Waals surface area contributed by atoms with Crippen molar-refractivity contribution in [2.75, 3.05) is 12.4 Å². The topological polar surface area (TPSA) is 111 Å². The van der Waals surface area contributed by atoms with Gasteiger partial charge in [-0.2, -0.15) is 9.78 Å². The maximum absolute atomic E-state index is 12.7. The minimum atomic E-state index is -0.487. The quantitative estimate of drug-likeness (QED) is 0.489. The normalized spacial score (nSPS) is 14.6. The second kappa shape index (κ2) is 6.55. The van der Waals surface area contributed by atoms with E-state index >= 15 is 0 Å². The van der Waals surface area contributed by atoms with Crippen LogP contribution in [0.3, 0.4) is 0 Å². The van der Waals surface area contributed by atoms with Crippen LogP contribution in [-0.2, 0) is 0 Å². The van der Waals surface area contributed by atoms with Crippen molar-refractivity contribution in [3.63, 3.8) is 0 Å². The Morgan fingerprint density at radius 3 is 2.69 bits per heavy atom. The molecule has 4 aromatic rings. The summed E-state index contributed by atoms with van der Waals surface area (Å²) in [6, 6.07) is 15.1. The molecule has 1 aliphatic heterocycles. The Morgan fingerprint density at radius 1 is 1.10 bits per heavy atom. The van der Waals surface area contributed by atoms with Crippen molar-refractivity contribution >= 4 is 11.6 Å². The number of hydrogen-bond donors (Lipinski definition) is 2. The summed E-state index contributed by atoms with van der Waals surface area (Å²) in [5.74, 6) is 1.04. The molecule has 9 heteroatoms. The van der Waals surface area contributed by atoms with Crippen LogP contribution in [0.1, 0.15) is 22.7 Å². The molecule has 29 heavy (non-hydrogen) atoms. The highest BCUT2D eigenvalue weighted by molar-refractivity contribution is 5.76. The van der Waals surface area contributed by atoms with Gasteiger partial charge in [-0.15, -0.1) is 0 Å². The molecule has 0 spiro atoms. The van der Waals surface area contributed by atoms with E-state index < -0.39 is 6.04 Å². The number of para-hydroxylation sites is 1. The number of aromatic amines is 1. The number of H-pyrrole nitrogens is 1. The number of aryl methyl sites for hydroxylation is 1. The Kier molecular flexibility index (Phi) is 3.87. The van der Waals surface area contributed by atoms with Crippen LogP contribution in [0.4, 0.5) is 11.6 Å². The lowest BCUT2D eigenvalue weighted by Crippen LogP contribution is -2.29. The number of hydrogen-bond acceptors (Lipinski definition) is 7. The highest BCUT2D eigenvalue weighted by Gasteiger charge is 2.35. The number of methoxy groups -OCH3 is 1. The van der Waals surface area contributed by atoms with E-state index in [4.69, 9.17) is 4.74 Å². The minimum absolute atomic E-state index is 0.343. The first-order chi connectivity index (χ1) is 14.2. The monoisotopic (exact) mass is 387 g/mol. The van der Waals surface area contributed by atoms with E-state index in [2.05, 4.69) is 31.0 Å². The molecular weight excluding hydrogens is 370 g/mol. The molecule has 0 saturated heterocycles. The molecule has 1 atom stereocenters. The van der Waals surface area contributed by atoms with Crippen molar-refractivity contribution in [1.29, 1.82) is 0 Å². The molecule has 1 aliphatic rings. The molecule has 0 unspecified atom stereocenters. The predicted molar refractivity (Wildman–Crippen MR) is 106 cm³/mol. The zero-order valence-electron chi connectivity index (χ0n) is 15.7. The maximum atomic E-state index is 12.7. The molecule has 5 rings (SSSR count). The lowest BCUT2D eigenvalue weighted by atomic mass is 9.92. The third kappa shape index (κ3) is 2.66. The van der Waals surface area contributed by atoms with Crippen molar-refractivity contribution in [1.82, 2.24) is 30.4 Å². The lowest BCUT2D eigenvalue weighted by Gasteiger charge is -2.28. The highest BCUT2D eigenvalue weighted by atomic mass is 16.5. The number of rotatable bonds is 3. The van der Waals surface area contributed by atoms with Gasteiger partial charge in [0.05, 0.1) is 12.8 Å². The predicted octanol–water partition coefficient (Wildman–Crippen LogP) is 2.44. The smallest absolute Gasteiger partial charge is 0.288 e. The van der Waals surface area contributed by atoms with Crippen molar-refractivity contribution in [3.05, 3.63) is 75.6 Å². The van der Waals surface area contributed by atoms with Gasteiger partial charge in [0.2, 0.25) is 5.95 Å². The van der Waals surface area contributed by atoms with Crippen LogP contribution in [-0.4, -0.2) is 37.5 Å². The van der Waals surface area contributed by atoms with Gasteiger partial charge in [-0.1, -0.05) is 53.1 Å². The van der Waals surface area contributed by atoms with Crippen molar-refractivity contribution in [3.8, 4) is 17.0 Å². The number of nitrogens with one attached hydrogen (secondary N) is 2. The summed E-state index contributed by atoms with van der Waals surface area (Å²) in [6.07, 6.45) is 0. The average Bonchev–Trinajstić information content (AvgIpc) is 3.22. The van der Waals surface area contributed by atoms with Gasteiger partial charge in [0, 0.05) is 16.7 Å². The Bertz CT molecular complexity index is 1260. The first kappa shape index (κ1) is 17.1. The molecule has 0 bridgehead atoms. The van der Waals surface area contributed by atoms with Crippen molar-refractivity contribution in [2.45, 2.75) is 13.0 Å². The standard InChI is InChI=1S/C20H17N7O2/c1-11-7-9-12(10-8-11)16-15-17(19(28)23-22-16)21-20-24-25-26-27(20)18(15)13-5-3-4-6-14(13)29-2/h3-10,18H,1-2H3,(H,23,28)(H,21,24,26)/t18-/m0/s1. The molecule has 2 aromatic carbocycles. The van der Waals surface area contributed by atoms with Crippen LogP contribution < -0.4 is 15.6 Å². The number of benzene rings is 2. The third-order valence-electron chi connectivity index (χ3n) is 5.03. The molecule has 3 heterocycles. The molecule has 0 fully saturated rings. The Balaban J connectivity index is 1.84. The fourth-order valence-electron chi connectivity index (χ4n) is 3.65. The summed E-state index contributed by atoms with van der Waals surface area (Å²) in [5, 5.41) is 22.0. The molecular formula is C20H17N7O2.